The van der Waals surface area contributed by atoms with E-state index in [1.54, 1.807) is 22.9 Å². The van der Waals surface area contributed by atoms with E-state index < -0.39 is 102 Å². The molecule has 1 fully saturated rings. The summed E-state index contributed by atoms with van der Waals surface area (Å²) < 4.78 is 112. The van der Waals surface area contributed by atoms with E-state index in [1.165, 1.54) is 32.2 Å². The number of nitrogens with zero attached hydrogens (tertiary/aromatic N) is 5. The number of aromatic nitrogens is 5. The third kappa shape index (κ3) is 8.63. The van der Waals surface area contributed by atoms with Gasteiger partial charge >= 0.3 is 6.18 Å². The fourth-order valence-electron chi connectivity index (χ4n) is 6.80. The lowest BCUT2D eigenvalue weighted by Crippen LogP contribution is -2.48. The van der Waals surface area contributed by atoms with Gasteiger partial charge in [0.15, 0.2) is 5.69 Å². The molecule has 5 heterocycles. The van der Waals surface area contributed by atoms with Crippen molar-refractivity contribution in [3.05, 3.63) is 106 Å². The normalized spacial score (nSPS) is 17.0. The molecule has 0 radical (unpaired) electrons. The van der Waals surface area contributed by atoms with Crippen LogP contribution in [0.5, 0.6) is 0 Å². The summed E-state index contributed by atoms with van der Waals surface area (Å²) in [6.45, 7) is 2.40. The molecule has 0 bridgehead atoms. The number of hydrogen-bond acceptors (Lipinski definition) is 7. The van der Waals surface area contributed by atoms with Gasteiger partial charge < -0.3 is 24.9 Å². The number of hydrogen-bond donors (Lipinski definition) is 3. The Balaban J connectivity index is 1.36. The highest BCUT2D eigenvalue weighted by Crippen LogP contribution is 2.55. The van der Waals surface area contributed by atoms with Crippen LogP contribution in [-0.4, -0.2) is 70.4 Å². The topological polar surface area (TPSA) is 136 Å². The molecule has 11 nitrogen and oxygen atoms in total. The van der Waals surface area contributed by atoms with E-state index in [1.807, 2.05) is 0 Å². The highest BCUT2D eigenvalue weighted by molar-refractivity contribution is 14.2. The highest BCUT2D eigenvalue weighted by Gasteiger charge is 2.54. The van der Waals surface area contributed by atoms with Crippen molar-refractivity contribution in [2.24, 2.45) is 0 Å². The predicted octanol–water partition coefficient (Wildman–Crippen LogP) is 6.18. The molecular weight excluding hydrogens is 890 g/mol. The number of rotatable bonds is 10. The zero-order valence-corrected chi connectivity index (χ0v) is 32.8. The first-order valence-corrected chi connectivity index (χ1v) is 20.4. The molecule has 4 aromatic heterocycles. The van der Waals surface area contributed by atoms with Crippen molar-refractivity contribution in [2.45, 2.75) is 66.9 Å². The van der Waals surface area contributed by atoms with Gasteiger partial charge in [0.2, 0.25) is 5.91 Å². The summed E-state index contributed by atoms with van der Waals surface area (Å²) in [5, 5.41) is 19.3. The Morgan fingerprint density at radius 2 is 1.86 bits per heavy atom. The second kappa shape index (κ2) is 15.5. The minimum Gasteiger partial charge on any atom is -0.378 e. The van der Waals surface area contributed by atoms with Gasteiger partial charge in [0.05, 0.1) is 36.6 Å². The number of imidazole rings is 1. The molecule has 3 N–H and O–H groups in total. The average Bonchev–Trinajstić information content (AvgIpc) is 3.82. The lowest BCUT2D eigenvalue weighted by molar-refractivity contribution is -0.142. The van der Waals surface area contributed by atoms with Crippen LogP contribution in [0, 0.1) is 23.5 Å². The van der Waals surface area contributed by atoms with Crippen molar-refractivity contribution in [1.82, 2.24) is 34.8 Å². The summed E-state index contributed by atoms with van der Waals surface area (Å²) in [4.78, 5) is 36.4. The third-order valence-corrected chi connectivity index (χ3v) is 11.4. The van der Waals surface area contributed by atoms with Gasteiger partial charge in [0.1, 0.15) is 40.8 Å². The van der Waals surface area contributed by atoms with Crippen LogP contribution in [0.4, 0.5) is 30.7 Å². The van der Waals surface area contributed by atoms with Gasteiger partial charge in [-0.05, 0) is 62.1 Å². The number of benzene rings is 1. The highest BCUT2D eigenvalue weighted by atomic mass is 127. The van der Waals surface area contributed by atoms with Gasteiger partial charge in [-0.15, -0.1) is 20.7 Å². The molecule has 1 saturated heterocycles. The molecule has 19 heteroatoms. The largest absolute Gasteiger partial charge is 0.435 e. The van der Waals surface area contributed by atoms with Gasteiger partial charge in [-0.25, -0.2) is 18.7 Å². The lowest BCUT2D eigenvalue weighted by atomic mass is 9.94. The van der Waals surface area contributed by atoms with Crippen LogP contribution in [0.1, 0.15) is 74.5 Å². The Hall–Kier alpha value is -5.20. The minimum atomic E-state index is -5.10. The van der Waals surface area contributed by atoms with E-state index in [4.69, 9.17) is 4.74 Å². The number of nitrogens with one attached hydrogen (secondary N) is 2. The molecule has 2 amide bonds. The van der Waals surface area contributed by atoms with Crippen molar-refractivity contribution < 1.29 is 50.2 Å². The Kier molecular flexibility index (Phi) is 11.0. The SMILES string of the molecule is C=I[C@H]1CC(F)(F)c2c1c(C(F)(F)F)nn2CC(=O)N[C@@H](Cc1cc(F)cc(F)c1)c1nc(C#CC(C)(C)O)ccc1-c1cc(C(=O)NC2COC2)c2nccn2c1. The maximum atomic E-state index is 15.4. The molecule has 2 atom stereocenters. The van der Waals surface area contributed by atoms with Crippen LogP contribution in [-0.2, 0) is 34.6 Å². The number of pyridine rings is 2. The number of aliphatic hydroxyl groups is 1. The zero-order valence-electron chi connectivity index (χ0n) is 30.6. The quantitative estimate of drug-likeness (QED) is 0.0660. The van der Waals surface area contributed by atoms with Crippen LogP contribution in [0.2, 0.25) is 0 Å². The number of alkyl halides is 6. The Labute approximate surface area is 335 Å². The Morgan fingerprint density at radius 3 is 2.50 bits per heavy atom. The standard InChI is InChI=1S/C39H33F7IN7O4/c1-37(2,57)7-6-24-4-5-26(21-13-27(35-48-8-9-53(35)16-21)36(56)50-25-18-58-19-25)32(49-24)29(12-20-10-22(40)14-23(41)11-20)51-30(55)17-54-34-31(33(52-54)39(44,45)46)28(47-3)15-38(34,42)43/h4-5,8-11,13-14,16,25,28-29,57H,3,12,15,17-19H2,1-2H3,(H,50,56)(H,51,55)/t28-,29-/m0/s1. The first-order chi connectivity index (χ1) is 27.3. The van der Waals surface area contributed by atoms with Crippen LogP contribution in [0.15, 0.2) is 55.0 Å². The van der Waals surface area contributed by atoms with Crippen molar-refractivity contribution >= 4 is 42.7 Å². The zero-order chi connectivity index (χ0) is 41.7. The van der Waals surface area contributed by atoms with Crippen LogP contribution in [0.25, 0.3) is 16.8 Å². The molecule has 7 rings (SSSR count). The minimum absolute atomic E-state index is 0.00709. The molecule has 58 heavy (non-hydrogen) atoms. The Morgan fingerprint density at radius 1 is 1.14 bits per heavy atom. The summed E-state index contributed by atoms with van der Waals surface area (Å²) in [5.41, 5.74) is -3.54. The van der Waals surface area contributed by atoms with E-state index in [-0.39, 0.29) is 40.5 Å². The van der Waals surface area contributed by atoms with Gasteiger partial charge in [-0.3, -0.25) is 14.3 Å². The van der Waals surface area contributed by atoms with E-state index in [0.29, 0.717) is 35.2 Å². The second-order valence-corrected chi connectivity index (χ2v) is 16.7. The van der Waals surface area contributed by atoms with E-state index in [0.717, 1.165) is 12.1 Å². The van der Waals surface area contributed by atoms with Crippen molar-refractivity contribution in [2.75, 3.05) is 13.2 Å². The maximum absolute atomic E-state index is 15.4. The molecule has 1 aliphatic heterocycles. The van der Waals surface area contributed by atoms with Crippen molar-refractivity contribution in [3.8, 4) is 23.0 Å². The summed E-state index contributed by atoms with van der Waals surface area (Å²) >= 11 is -1.37. The van der Waals surface area contributed by atoms with Gasteiger partial charge in [0, 0.05) is 51.7 Å². The smallest absolute Gasteiger partial charge is 0.378 e. The van der Waals surface area contributed by atoms with Gasteiger partial charge in [0.25, 0.3) is 11.8 Å². The van der Waals surface area contributed by atoms with Gasteiger partial charge in [-0.2, -0.15) is 27.1 Å². The average molecular weight is 924 g/mol. The monoisotopic (exact) mass is 923 g/mol. The first-order valence-electron chi connectivity index (χ1n) is 17.6. The van der Waals surface area contributed by atoms with E-state index in [2.05, 4.69) is 42.1 Å². The van der Waals surface area contributed by atoms with Crippen LogP contribution >= 0.6 is 20.7 Å². The molecule has 2 aliphatic rings. The number of amides is 2. The third-order valence-electron chi connectivity index (χ3n) is 9.30. The van der Waals surface area contributed by atoms with Crippen LogP contribution < -0.4 is 10.6 Å². The van der Waals surface area contributed by atoms with Crippen molar-refractivity contribution in [3.63, 3.8) is 0 Å². The molecular formula is C39H33F7IN7O4. The number of fused-ring (bicyclic) bond motifs is 2. The molecule has 0 unspecified atom stereocenters. The second-order valence-electron chi connectivity index (χ2n) is 14.3. The molecule has 5 aromatic rings. The molecule has 1 aliphatic carbocycles. The fourth-order valence-corrected chi connectivity index (χ4v) is 8.69. The molecule has 1 aromatic carbocycles. The lowest BCUT2D eigenvalue weighted by Gasteiger charge is -2.27. The number of carbonyl (C=O) groups is 2. The summed E-state index contributed by atoms with van der Waals surface area (Å²) in [5.74, 6) is -1.82. The van der Waals surface area contributed by atoms with Crippen molar-refractivity contribution in [1.29, 1.82) is 0 Å². The van der Waals surface area contributed by atoms with E-state index in [9.17, 15) is 36.6 Å². The number of carbonyl (C=O) groups excluding carboxylic acids is 2. The molecule has 0 spiro atoms. The molecule has 304 valence electrons. The summed E-state index contributed by atoms with van der Waals surface area (Å²) in [7, 11) is 0. The van der Waals surface area contributed by atoms with E-state index >= 15 is 8.78 Å². The Bertz CT molecular complexity index is 2490. The first kappa shape index (κ1) is 41.0. The summed E-state index contributed by atoms with van der Waals surface area (Å²) in [6, 6.07) is 5.62. The summed E-state index contributed by atoms with van der Waals surface area (Å²) in [6.07, 6.45) is -1.71. The number of halogens is 8. The predicted molar refractivity (Wildman–Crippen MR) is 204 cm³/mol. The van der Waals surface area contributed by atoms with Crippen LogP contribution in [0.3, 0.4) is 0 Å². The molecule has 0 saturated carbocycles. The maximum Gasteiger partial charge on any atom is 0.435 e. The fraction of sp³-hybridized carbons (Fsp3) is 0.333. The number of ether oxygens (including phenoxy) is 1. The van der Waals surface area contributed by atoms with Gasteiger partial charge in [-0.1, -0.05) is 10.4 Å².